The average molecular weight is 230 g/mol. The largest absolute Gasteiger partial charge is 0.382 e. The summed E-state index contributed by atoms with van der Waals surface area (Å²) in [7, 11) is 1.50. The first-order valence-corrected chi connectivity index (χ1v) is 5.27. The number of halogens is 1. The Morgan fingerprint density at radius 1 is 1.25 bits per heavy atom. The van der Waals surface area contributed by atoms with E-state index < -0.39 is 16.4 Å². The fourth-order valence-corrected chi connectivity index (χ4v) is 0.903. The minimum atomic E-state index is -0.827. The molecule has 16 heavy (non-hydrogen) atoms. The first kappa shape index (κ1) is 16.8. The topological polar surface area (TPSA) is 55.2 Å². The molecular weight excluding hydrogens is 211 g/mol. The van der Waals surface area contributed by atoms with Gasteiger partial charge in [-0.05, 0) is 12.1 Å². The van der Waals surface area contributed by atoms with Crippen molar-refractivity contribution in [1.82, 2.24) is 0 Å². The van der Waals surface area contributed by atoms with E-state index >= 15 is 0 Å². The predicted octanol–water partition coefficient (Wildman–Crippen LogP) is 3.83. The molecule has 92 valence electrons. The zero-order valence-electron chi connectivity index (χ0n) is 10.4. The van der Waals surface area contributed by atoms with Gasteiger partial charge in [0.05, 0.1) is 4.92 Å². The van der Waals surface area contributed by atoms with Crippen molar-refractivity contribution in [2.45, 2.75) is 27.7 Å². The number of nitro benzene ring substituents is 1. The van der Waals surface area contributed by atoms with Crippen LogP contribution in [0.5, 0.6) is 0 Å². The molecule has 0 radical (unpaired) electrons. The van der Waals surface area contributed by atoms with E-state index in [9.17, 15) is 14.5 Å². The molecule has 0 fully saturated rings. The van der Waals surface area contributed by atoms with E-state index in [1.165, 1.54) is 19.2 Å². The first-order valence-electron chi connectivity index (χ1n) is 5.27. The lowest BCUT2D eigenvalue weighted by Gasteiger charge is -2.00. The molecule has 0 saturated carbocycles. The van der Waals surface area contributed by atoms with Crippen LogP contribution in [0.3, 0.4) is 0 Å². The van der Waals surface area contributed by atoms with Gasteiger partial charge in [0.25, 0.3) is 0 Å². The maximum Gasteiger partial charge on any atom is 0.327 e. The lowest BCUT2D eigenvalue weighted by atomic mass is 10.2. The third kappa shape index (κ3) is 4.72. The second-order valence-corrected chi connectivity index (χ2v) is 2.14. The summed E-state index contributed by atoms with van der Waals surface area (Å²) in [5, 5.41) is 12.9. The number of hydrogen-bond acceptors (Lipinski definition) is 3. The molecular formula is C11H19FN2O2. The summed E-state index contributed by atoms with van der Waals surface area (Å²) < 4.78 is 12.8. The smallest absolute Gasteiger partial charge is 0.327 e. The van der Waals surface area contributed by atoms with E-state index in [2.05, 4.69) is 5.32 Å². The summed E-state index contributed by atoms with van der Waals surface area (Å²) in [6.45, 7) is 8.00. The molecule has 1 aromatic carbocycles. The quantitative estimate of drug-likeness (QED) is 0.620. The van der Waals surface area contributed by atoms with Crippen molar-refractivity contribution in [1.29, 1.82) is 0 Å². The fraction of sp³-hybridized carbons (Fsp3) is 0.455. The van der Waals surface area contributed by atoms with Gasteiger partial charge in [0, 0.05) is 7.05 Å². The molecule has 0 aliphatic rings. The lowest BCUT2D eigenvalue weighted by Crippen LogP contribution is -1.98. The van der Waals surface area contributed by atoms with Crippen molar-refractivity contribution in [2.75, 3.05) is 12.4 Å². The Balaban J connectivity index is 0. The Morgan fingerprint density at radius 3 is 2.06 bits per heavy atom. The molecule has 1 rings (SSSR count). The molecule has 0 bridgehead atoms. The van der Waals surface area contributed by atoms with Gasteiger partial charge in [-0.15, -0.1) is 0 Å². The summed E-state index contributed by atoms with van der Waals surface area (Å²) in [5.74, 6) is -0.827. The van der Waals surface area contributed by atoms with Gasteiger partial charge in [0.2, 0.25) is 5.82 Å². The number of rotatable bonds is 2. The second-order valence-electron chi connectivity index (χ2n) is 2.14. The van der Waals surface area contributed by atoms with Crippen LogP contribution in [0.15, 0.2) is 18.2 Å². The van der Waals surface area contributed by atoms with Crippen LogP contribution in [0.2, 0.25) is 0 Å². The highest BCUT2D eigenvalue weighted by Crippen LogP contribution is 2.26. The van der Waals surface area contributed by atoms with Crippen molar-refractivity contribution >= 4 is 11.4 Å². The maximum absolute atomic E-state index is 12.8. The standard InChI is InChI=1S/C7H7FN2O2.2C2H6/c1-9-6-4-2-3-5(8)7(6)10(11)12;2*1-2/h2-4,9H,1H3;2*1-2H3. The van der Waals surface area contributed by atoms with Crippen LogP contribution in [-0.4, -0.2) is 12.0 Å². The first-order chi connectivity index (χ1) is 7.66. The maximum atomic E-state index is 12.8. The van der Waals surface area contributed by atoms with Gasteiger partial charge < -0.3 is 5.32 Å². The molecule has 0 unspecified atom stereocenters. The molecule has 0 amide bonds. The zero-order valence-corrected chi connectivity index (χ0v) is 10.4. The summed E-state index contributed by atoms with van der Waals surface area (Å²) in [6, 6.07) is 3.91. The van der Waals surface area contributed by atoms with E-state index in [1.54, 1.807) is 0 Å². The number of hydrogen-bond donors (Lipinski definition) is 1. The Bertz CT molecular complexity index is 317. The van der Waals surface area contributed by atoms with Gasteiger partial charge in [-0.3, -0.25) is 10.1 Å². The van der Waals surface area contributed by atoms with Gasteiger partial charge >= 0.3 is 5.69 Å². The van der Waals surface area contributed by atoms with Crippen LogP contribution in [0.4, 0.5) is 15.8 Å². The highest BCUT2D eigenvalue weighted by atomic mass is 19.1. The third-order valence-corrected chi connectivity index (χ3v) is 1.44. The fourth-order valence-electron chi connectivity index (χ4n) is 0.903. The summed E-state index contributed by atoms with van der Waals surface area (Å²) in [6.07, 6.45) is 0. The van der Waals surface area contributed by atoms with Crippen molar-refractivity contribution in [3.8, 4) is 0 Å². The minimum Gasteiger partial charge on any atom is -0.382 e. The molecule has 0 aliphatic heterocycles. The Hall–Kier alpha value is -1.65. The second kappa shape index (κ2) is 9.89. The SMILES string of the molecule is CC.CC.CNc1cccc(F)c1[N+](=O)[O-]. The molecule has 0 heterocycles. The van der Waals surface area contributed by atoms with Gasteiger partial charge in [-0.2, -0.15) is 4.39 Å². The Labute approximate surface area is 95.6 Å². The van der Waals surface area contributed by atoms with Crippen LogP contribution in [0, 0.1) is 15.9 Å². The van der Waals surface area contributed by atoms with Crippen molar-refractivity contribution in [3.05, 3.63) is 34.1 Å². The van der Waals surface area contributed by atoms with E-state index in [4.69, 9.17) is 0 Å². The zero-order chi connectivity index (χ0) is 13.1. The van der Waals surface area contributed by atoms with Gasteiger partial charge in [0.1, 0.15) is 5.69 Å². The summed E-state index contributed by atoms with van der Waals surface area (Å²) >= 11 is 0. The Kier molecular flexibility index (Phi) is 10.4. The monoisotopic (exact) mass is 230 g/mol. The van der Waals surface area contributed by atoms with E-state index in [0.717, 1.165) is 6.07 Å². The number of nitro groups is 1. The van der Waals surface area contributed by atoms with Crippen molar-refractivity contribution in [2.24, 2.45) is 0 Å². The Morgan fingerprint density at radius 2 is 1.75 bits per heavy atom. The van der Waals surface area contributed by atoms with Crippen LogP contribution in [0.25, 0.3) is 0 Å². The molecule has 0 aromatic heterocycles. The van der Waals surface area contributed by atoms with Crippen LogP contribution >= 0.6 is 0 Å². The normalized spacial score (nSPS) is 7.88. The highest BCUT2D eigenvalue weighted by molar-refractivity contribution is 5.61. The van der Waals surface area contributed by atoms with Crippen LogP contribution < -0.4 is 5.32 Å². The molecule has 4 nitrogen and oxygen atoms in total. The third-order valence-electron chi connectivity index (χ3n) is 1.44. The van der Waals surface area contributed by atoms with E-state index in [1.807, 2.05) is 27.7 Å². The number of nitrogens with zero attached hydrogens (tertiary/aromatic N) is 1. The molecule has 0 aliphatic carbocycles. The number of benzene rings is 1. The van der Waals surface area contributed by atoms with Crippen molar-refractivity contribution in [3.63, 3.8) is 0 Å². The number of nitrogens with one attached hydrogen (secondary N) is 1. The predicted molar refractivity (Wildman–Crippen MR) is 65.3 cm³/mol. The average Bonchev–Trinajstić information content (AvgIpc) is 2.33. The number of anilines is 1. The molecule has 0 atom stereocenters. The van der Waals surface area contributed by atoms with E-state index in [-0.39, 0.29) is 5.69 Å². The van der Waals surface area contributed by atoms with Crippen LogP contribution in [-0.2, 0) is 0 Å². The lowest BCUT2D eigenvalue weighted by molar-refractivity contribution is -0.386. The van der Waals surface area contributed by atoms with Crippen molar-refractivity contribution < 1.29 is 9.31 Å². The molecule has 1 aromatic rings. The van der Waals surface area contributed by atoms with Gasteiger partial charge in [-0.25, -0.2) is 0 Å². The minimum absolute atomic E-state index is 0.181. The molecule has 1 N–H and O–H groups in total. The van der Waals surface area contributed by atoms with Gasteiger partial charge in [0.15, 0.2) is 0 Å². The molecule has 0 spiro atoms. The van der Waals surface area contributed by atoms with Crippen LogP contribution in [0.1, 0.15) is 27.7 Å². The highest BCUT2D eigenvalue weighted by Gasteiger charge is 2.18. The molecule has 5 heteroatoms. The molecule has 0 saturated heterocycles. The van der Waals surface area contributed by atoms with Gasteiger partial charge in [-0.1, -0.05) is 33.8 Å². The number of para-hydroxylation sites is 1. The summed E-state index contributed by atoms with van der Waals surface area (Å²) in [5.41, 5.74) is -0.333. The van der Waals surface area contributed by atoms with E-state index in [0.29, 0.717) is 0 Å². The summed E-state index contributed by atoms with van der Waals surface area (Å²) in [4.78, 5) is 9.58.